The Morgan fingerprint density at radius 3 is 1.55 bits per heavy atom. The van der Waals surface area contributed by atoms with Gasteiger partial charge in [-0.15, -0.1) is 0 Å². The van der Waals surface area contributed by atoms with E-state index in [4.69, 9.17) is 0 Å². The molecule has 1 heterocycles. The molecule has 0 aliphatic carbocycles. The highest BCUT2D eigenvalue weighted by atomic mass is 16.5. The molecule has 2 nitrogen and oxygen atoms in total. The maximum Gasteiger partial charge on any atom is 0.0801 e. The molecule has 0 aromatic heterocycles. The van der Waals surface area contributed by atoms with Gasteiger partial charge in [0.05, 0.1) is 16.6 Å². The molecule has 0 saturated carbocycles. The number of fused-ring (bicyclic) bond motifs is 1. The predicted octanol–water partition coefficient (Wildman–Crippen LogP) is 7.46. The first-order valence-electron chi connectivity index (χ1n) is 11.4. The second-order valence-corrected chi connectivity index (χ2v) is 9.37. The minimum Gasteiger partial charge on any atom is -0.288 e. The summed E-state index contributed by atoms with van der Waals surface area (Å²) in [5.74, 6) is 0. The number of allylic oxidation sites excluding steroid dienone is 1. The number of nitrogens with zero attached hydrogens (tertiary/aromatic N) is 1. The van der Waals surface area contributed by atoms with Gasteiger partial charge in [0.25, 0.3) is 0 Å². The van der Waals surface area contributed by atoms with E-state index < -0.39 is 11.0 Å². The van der Waals surface area contributed by atoms with Gasteiger partial charge < -0.3 is 0 Å². The van der Waals surface area contributed by atoms with E-state index in [0.717, 1.165) is 11.3 Å². The van der Waals surface area contributed by atoms with Crippen molar-refractivity contribution in [3.63, 3.8) is 0 Å². The van der Waals surface area contributed by atoms with Crippen LogP contribution in [0.1, 0.15) is 48.6 Å². The van der Waals surface area contributed by atoms with Gasteiger partial charge in [-0.05, 0) is 60.7 Å². The van der Waals surface area contributed by atoms with Crippen molar-refractivity contribution >= 4 is 11.3 Å². The molecule has 33 heavy (non-hydrogen) atoms. The highest BCUT2D eigenvalue weighted by Crippen LogP contribution is 2.47. The van der Waals surface area contributed by atoms with Crippen molar-refractivity contribution < 1.29 is 5.21 Å². The molecule has 1 N–H and O–H groups in total. The van der Waals surface area contributed by atoms with Gasteiger partial charge in [0.15, 0.2) is 0 Å². The molecule has 4 aromatic carbocycles. The maximum atomic E-state index is 10.9. The lowest BCUT2D eigenvalue weighted by atomic mass is 9.64. The standard InChI is InChI=1S/C31H29NO/c1-23-22-30(2,3)32(33)29-20-19-27(21-28(23)29)31(24-13-7-4-8-14-24,25-15-9-5-10-16-25)26-17-11-6-12-18-26/h4-22,33H,1-3H3. The quantitative estimate of drug-likeness (QED) is 0.339. The van der Waals surface area contributed by atoms with E-state index in [2.05, 4.69) is 122 Å². The molecular formula is C31H29NO. The highest BCUT2D eigenvalue weighted by Gasteiger charge is 2.39. The van der Waals surface area contributed by atoms with E-state index in [1.807, 2.05) is 13.8 Å². The zero-order valence-electron chi connectivity index (χ0n) is 19.4. The van der Waals surface area contributed by atoms with E-state index in [1.165, 1.54) is 32.9 Å². The summed E-state index contributed by atoms with van der Waals surface area (Å²) >= 11 is 0. The first-order valence-corrected chi connectivity index (χ1v) is 11.4. The van der Waals surface area contributed by atoms with E-state index in [1.54, 1.807) is 0 Å². The SMILES string of the molecule is CC1=CC(C)(C)N(O)c2ccc(C(c3ccccc3)(c3ccccc3)c3ccccc3)cc21. The third-order valence-corrected chi connectivity index (χ3v) is 6.82. The Hall–Kier alpha value is -3.62. The third kappa shape index (κ3) is 3.39. The van der Waals surface area contributed by atoms with Gasteiger partial charge in [-0.1, -0.05) is 103 Å². The lowest BCUT2D eigenvalue weighted by Gasteiger charge is -2.40. The zero-order valence-corrected chi connectivity index (χ0v) is 19.4. The van der Waals surface area contributed by atoms with Crippen LogP contribution in [-0.4, -0.2) is 10.7 Å². The van der Waals surface area contributed by atoms with Crippen LogP contribution in [0.2, 0.25) is 0 Å². The zero-order chi connectivity index (χ0) is 23.1. The molecule has 0 radical (unpaired) electrons. The molecule has 1 aliphatic heterocycles. The monoisotopic (exact) mass is 431 g/mol. The number of rotatable bonds is 4. The van der Waals surface area contributed by atoms with Gasteiger partial charge >= 0.3 is 0 Å². The Morgan fingerprint density at radius 2 is 1.09 bits per heavy atom. The summed E-state index contributed by atoms with van der Waals surface area (Å²) in [6.45, 7) is 6.18. The van der Waals surface area contributed by atoms with Crippen molar-refractivity contribution in [2.45, 2.75) is 31.7 Å². The fourth-order valence-corrected chi connectivity index (χ4v) is 5.31. The van der Waals surface area contributed by atoms with Gasteiger partial charge in [0.1, 0.15) is 0 Å². The molecule has 1 aliphatic rings. The van der Waals surface area contributed by atoms with Gasteiger partial charge in [0, 0.05) is 5.56 Å². The van der Waals surface area contributed by atoms with Crippen LogP contribution in [0.5, 0.6) is 0 Å². The molecule has 5 rings (SSSR count). The van der Waals surface area contributed by atoms with Crippen molar-refractivity contribution in [1.82, 2.24) is 0 Å². The van der Waals surface area contributed by atoms with E-state index in [-0.39, 0.29) is 0 Å². The molecule has 0 spiro atoms. The second kappa shape index (κ2) is 8.06. The van der Waals surface area contributed by atoms with E-state index in [0.29, 0.717) is 0 Å². The van der Waals surface area contributed by atoms with Crippen LogP contribution in [0.25, 0.3) is 5.57 Å². The maximum absolute atomic E-state index is 10.9. The number of hydrogen-bond donors (Lipinski definition) is 1. The molecular weight excluding hydrogens is 402 g/mol. The highest BCUT2D eigenvalue weighted by molar-refractivity contribution is 5.81. The van der Waals surface area contributed by atoms with Crippen LogP contribution in [0.3, 0.4) is 0 Å². The van der Waals surface area contributed by atoms with Gasteiger partial charge in [-0.3, -0.25) is 5.21 Å². The molecule has 0 atom stereocenters. The molecule has 164 valence electrons. The molecule has 2 heteroatoms. The molecule has 0 unspecified atom stereocenters. The van der Waals surface area contributed by atoms with Crippen LogP contribution in [-0.2, 0) is 5.41 Å². The summed E-state index contributed by atoms with van der Waals surface area (Å²) in [5, 5.41) is 12.3. The summed E-state index contributed by atoms with van der Waals surface area (Å²) in [4.78, 5) is 0. The van der Waals surface area contributed by atoms with Gasteiger partial charge in [0.2, 0.25) is 0 Å². The Balaban J connectivity index is 1.86. The molecule has 0 bridgehead atoms. The smallest absolute Gasteiger partial charge is 0.0801 e. The summed E-state index contributed by atoms with van der Waals surface area (Å²) in [5.41, 5.74) is 6.92. The van der Waals surface area contributed by atoms with E-state index >= 15 is 0 Å². The largest absolute Gasteiger partial charge is 0.288 e. The summed E-state index contributed by atoms with van der Waals surface area (Å²) in [6.07, 6.45) is 2.13. The average Bonchev–Trinajstić information content (AvgIpc) is 2.85. The van der Waals surface area contributed by atoms with E-state index in [9.17, 15) is 5.21 Å². The van der Waals surface area contributed by atoms with Crippen LogP contribution < -0.4 is 5.06 Å². The lowest BCUT2D eigenvalue weighted by molar-refractivity contribution is 0.194. The Kier molecular flexibility index (Phi) is 5.19. The van der Waals surface area contributed by atoms with Crippen LogP contribution in [0, 0.1) is 0 Å². The predicted molar refractivity (Wildman–Crippen MR) is 137 cm³/mol. The van der Waals surface area contributed by atoms with Crippen LogP contribution in [0.15, 0.2) is 115 Å². The van der Waals surface area contributed by atoms with Crippen molar-refractivity contribution in [3.8, 4) is 0 Å². The number of anilines is 1. The first kappa shape index (κ1) is 21.2. The number of hydroxylamine groups is 1. The van der Waals surface area contributed by atoms with Crippen molar-refractivity contribution in [2.24, 2.45) is 0 Å². The normalized spacial score (nSPS) is 15.0. The van der Waals surface area contributed by atoms with Gasteiger partial charge in [-0.25, -0.2) is 5.06 Å². The molecule has 0 saturated heterocycles. The molecule has 0 fully saturated rings. The Bertz CT molecular complexity index is 1190. The lowest BCUT2D eigenvalue weighted by Crippen LogP contribution is -2.42. The number of hydrogen-bond acceptors (Lipinski definition) is 2. The van der Waals surface area contributed by atoms with Crippen molar-refractivity contribution in [2.75, 3.05) is 5.06 Å². The molecule has 4 aromatic rings. The third-order valence-electron chi connectivity index (χ3n) is 6.82. The van der Waals surface area contributed by atoms with Gasteiger partial charge in [-0.2, -0.15) is 0 Å². The van der Waals surface area contributed by atoms with Crippen LogP contribution >= 0.6 is 0 Å². The Morgan fingerprint density at radius 1 is 0.636 bits per heavy atom. The fraction of sp³-hybridized carbons (Fsp3) is 0.161. The fourth-order valence-electron chi connectivity index (χ4n) is 5.31. The first-order chi connectivity index (χ1) is 15.9. The summed E-state index contributed by atoms with van der Waals surface area (Å²) in [7, 11) is 0. The van der Waals surface area contributed by atoms with Crippen LogP contribution in [0.4, 0.5) is 5.69 Å². The minimum atomic E-state index is -0.494. The topological polar surface area (TPSA) is 23.5 Å². The summed E-state index contributed by atoms with van der Waals surface area (Å²) < 4.78 is 0. The second-order valence-electron chi connectivity index (χ2n) is 9.37. The van der Waals surface area contributed by atoms with Crippen molar-refractivity contribution in [1.29, 1.82) is 0 Å². The molecule has 0 amide bonds. The number of benzene rings is 4. The Labute approximate surface area is 196 Å². The van der Waals surface area contributed by atoms with Crippen molar-refractivity contribution in [3.05, 3.63) is 143 Å². The average molecular weight is 432 g/mol. The minimum absolute atomic E-state index is 0.450. The summed E-state index contributed by atoms with van der Waals surface area (Å²) in [6, 6.07) is 38.6.